The topological polar surface area (TPSA) is 75.5 Å². The number of benzene rings is 2. The minimum Gasteiger partial charge on any atom is -0.366 e. The highest BCUT2D eigenvalue weighted by atomic mass is 35.5. The van der Waals surface area contributed by atoms with E-state index in [-0.39, 0.29) is 5.02 Å². The first-order valence-electron chi connectivity index (χ1n) is 10.8. The number of nitrogens with zero attached hydrogens (tertiary/aromatic N) is 4. The smallest absolute Gasteiger partial charge is 0.292 e. The number of sulfonamides is 1. The van der Waals surface area contributed by atoms with Gasteiger partial charge in [-0.05, 0) is 62.1 Å². The van der Waals surface area contributed by atoms with Gasteiger partial charge in [-0.1, -0.05) is 35.9 Å². The summed E-state index contributed by atoms with van der Waals surface area (Å²) >= 11 is 6.43. The maximum absolute atomic E-state index is 13.5. The summed E-state index contributed by atoms with van der Waals surface area (Å²) in [7, 11) is -3.64. The summed E-state index contributed by atoms with van der Waals surface area (Å²) in [4.78, 5) is 15.1. The fourth-order valence-electron chi connectivity index (χ4n) is 4.26. The van der Waals surface area contributed by atoms with Crippen LogP contribution in [0.5, 0.6) is 0 Å². The van der Waals surface area contributed by atoms with Crippen LogP contribution in [0.4, 0.5) is 5.69 Å². The van der Waals surface area contributed by atoms with Gasteiger partial charge in [0.15, 0.2) is 0 Å². The number of halogens is 1. The molecule has 0 spiro atoms. The zero-order valence-corrected chi connectivity index (χ0v) is 20.7. The van der Waals surface area contributed by atoms with Gasteiger partial charge in [0.1, 0.15) is 5.02 Å². The fourth-order valence-corrected chi connectivity index (χ4v) is 6.51. The van der Waals surface area contributed by atoms with Crippen molar-refractivity contribution < 1.29 is 8.42 Å². The first-order valence-corrected chi connectivity index (χ1v) is 12.6. The molecule has 33 heavy (non-hydrogen) atoms. The third-order valence-electron chi connectivity index (χ3n) is 6.38. The molecule has 174 valence electrons. The van der Waals surface area contributed by atoms with Gasteiger partial charge in [-0.15, -0.1) is 0 Å². The van der Waals surface area contributed by atoms with Crippen molar-refractivity contribution in [1.82, 2.24) is 14.1 Å². The van der Waals surface area contributed by atoms with Crippen LogP contribution in [-0.2, 0) is 10.0 Å². The predicted octanol–water partition coefficient (Wildman–Crippen LogP) is 3.63. The predicted molar refractivity (Wildman–Crippen MR) is 131 cm³/mol. The maximum atomic E-state index is 13.5. The molecule has 0 bridgehead atoms. The Morgan fingerprint density at radius 2 is 1.48 bits per heavy atom. The van der Waals surface area contributed by atoms with Crippen molar-refractivity contribution in [3.63, 3.8) is 0 Å². The summed E-state index contributed by atoms with van der Waals surface area (Å²) in [6.45, 7) is 9.02. The van der Waals surface area contributed by atoms with Crippen molar-refractivity contribution in [2.24, 2.45) is 0 Å². The van der Waals surface area contributed by atoms with Gasteiger partial charge < -0.3 is 4.90 Å². The van der Waals surface area contributed by atoms with E-state index in [4.69, 9.17) is 11.6 Å². The second-order valence-corrected chi connectivity index (χ2v) is 10.6. The maximum Gasteiger partial charge on any atom is 0.292 e. The monoisotopic (exact) mass is 486 g/mol. The first-order chi connectivity index (χ1) is 15.6. The molecule has 1 aromatic heterocycles. The second kappa shape index (κ2) is 8.93. The van der Waals surface area contributed by atoms with Gasteiger partial charge in [-0.2, -0.15) is 14.1 Å². The van der Waals surface area contributed by atoms with Gasteiger partial charge in [0.25, 0.3) is 5.56 Å². The van der Waals surface area contributed by atoms with E-state index in [9.17, 15) is 13.2 Å². The third-order valence-corrected chi connectivity index (χ3v) is 8.90. The zero-order valence-electron chi connectivity index (χ0n) is 19.2. The van der Waals surface area contributed by atoms with Crippen LogP contribution >= 0.6 is 11.6 Å². The van der Waals surface area contributed by atoms with Crippen molar-refractivity contribution in [1.29, 1.82) is 0 Å². The molecule has 2 heterocycles. The van der Waals surface area contributed by atoms with Gasteiger partial charge in [-0.3, -0.25) is 4.79 Å². The standard InChI is InChI=1S/C24H27ClN4O3S/c1-16-14-17(2)19(4)23(18(16)3)33(31,32)28-12-10-27(11-13-28)21-15-26-29(24(30)22(21)25)20-8-6-5-7-9-20/h5-9,14-15H,10-13H2,1-4H3. The zero-order chi connectivity index (χ0) is 23.9. The Hall–Kier alpha value is -2.68. The highest BCUT2D eigenvalue weighted by Crippen LogP contribution is 2.30. The molecule has 0 unspecified atom stereocenters. The van der Waals surface area contributed by atoms with Gasteiger partial charge in [0.05, 0.1) is 22.5 Å². The molecule has 3 aromatic rings. The van der Waals surface area contributed by atoms with Crippen molar-refractivity contribution in [2.75, 3.05) is 31.1 Å². The summed E-state index contributed by atoms with van der Waals surface area (Å²) in [6.07, 6.45) is 1.57. The van der Waals surface area contributed by atoms with Gasteiger partial charge in [0.2, 0.25) is 10.0 Å². The number of aromatic nitrogens is 2. The number of anilines is 1. The van der Waals surface area contributed by atoms with Crippen molar-refractivity contribution in [2.45, 2.75) is 32.6 Å². The average Bonchev–Trinajstić information content (AvgIpc) is 2.80. The molecule has 7 nitrogen and oxygen atoms in total. The normalized spacial score (nSPS) is 15.1. The molecule has 1 aliphatic rings. The van der Waals surface area contributed by atoms with Crippen molar-refractivity contribution in [3.8, 4) is 5.69 Å². The molecule has 0 atom stereocenters. The van der Waals surface area contributed by atoms with E-state index in [0.717, 1.165) is 22.3 Å². The number of hydrogen-bond acceptors (Lipinski definition) is 5. The number of rotatable bonds is 4. The van der Waals surface area contributed by atoms with Crippen LogP contribution in [0.25, 0.3) is 5.69 Å². The van der Waals surface area contributed by atoms with E-state index in [0.29, 0.717) is 42.4 Å². The lowest BCUT2D eigenvalue weighted by atomic mass is 10.0. The number of piperazine rings is 1. The van der Waals surface area contributed by atoms with E-state index in [1.54, 1.807) is 18.3 Å². The number of aryl methyl sites for hydroxylation is 2. The Morgan fingerprint density at radius 1 is 0.909 bits per heavy atom. The quantitative estimate of drug-likeness (QED) is 0.563. The van der Waals surface area contributed by atoms with Crippen LogP contribution in [-0.4, -0.2) is 48.7 Å². The number of hydrogen-bond donors (Lipinski definition) is 0. The number of para-hydroxylation sites is 1. The van der Waals surface area contributed by atoms with Crippen LogP contribution in [0.15, 0.2) is 52.3 Å². The van der Waals surface area contributed by atoms with E-state index in [2.05, 4.69) is 5.10 Å². The summed E-state index contributed by atoms with van der Waals surface area (Å²) in [5.41, 5.74) is 4.25. The van der Waals surface area contributed by atoms with Gasteiger partial charge in [0, 0.05) is 26.2 Å². The Morgan fingerprint density at radius 3 is 2.06 bits per heavy atom. The van der Waals surface area contributed by atoms with Crippen molar-refractivity contribution >= 4 is 27.3 Å². The highest BCUT2D eigenvalue weighted by Gasteiger charge is 2.32. The lowest BCUT2D eigenvalue weighted by molar-refractivity contribution is 0.384. The molecule has 0 radical (unpaired) electrons. The van der Waals surface area contributed by atoms with Gasteiger partial charge in [-0.25, -0.2) is 8.42 Å². The molecule has 0 N–H and O–H groups in total. The van der Waals surface area contributed by atoms with Crippen LogP contribution in [0.1, 0.15) is 22.3 Å². The lowest BCUT2D eigenvalue weighted by Gasteiger charge is -2.36. The molecule has 9 heteroatoms. The first kappa shape index (κ1) is 23.5. The molecular weight excluding hydrogens is 460 g/mol. The molecule has 1 aliphatic heterocycles. The van der Waals surface area contributed by atoms with E-state index in [1.807, 2.05) is 56.9 Å². The molecule has 1 saturated heterocycles. The molecule has 0 saturated carbocycles. The molecule has 0 aliphatic carbocycles. The molecule has 1 fully saturated rings. The minimum absolute atomic E-state index is 0.0751. The highest BCUT2D eigenvalue weighted by molar-refractivity contribution is 7.89. The van der Waals surface area contributed by atoms with Crippen LogP contribution in [0.3, 0.4) is 0 Å². The molecular formula is C24H27ClN4O3S. The van der Waals surface area contributed by atoms with Crippen molar-refractivity contribution in [3.05, 3.63) is 80.2 Å². The Balaban J connectivity index is 1.58. The van der Waals surface area contributed by atoms with E-state index < -0.39 is 15.6 Å². The average molecular weight is 487 g/mol. The lowest BCUT2D eigenvalue weighted by Crippen LogP contribution is -2.49. The van der Waals surface area contributed by atoms with E-state index >= 15 is 0 Å². The third kappa shape index (κ3) is 4.18. The fraction of sp³-hybridized carbons (Fsp3) is 0.333. The minimum atomic E-state index is -3.64. The van der Waals surface area contributed by atoms with E-state index in [1.165, 1.54) is 8.99 Å². The molecule has 0 amide bonds. The summed E-state index contributed by atoms with van der Waals surface area (Å²) in [6, 6.07) is 11.1. The largest absolute Gasteiger partial charge is 0.366 e. The van der Waals surface area contributed by atoms with Gasteiger partial charge >= 0.3 is 0 Å². The molecule has 2 aromatic carbocycles. The van der Waals surface area contributed by atoms with Crippen LogP contribution in [0.2, 0.25) is 5.02 Å². The Bertz CT molecular complexity index is 1340. The summed E-state index contributed by atoms with van der Waals surface area (Å²) in [5.74, 6) is 0. The Labute approximate surface area is 199 Å². The summed E-state index contributed by atoms with van der Waals surface area (Å²) in [5, 5.41) is 4.36. The Kier molecular flexibility index (Phi) is 6.35. The second-order valence-electron chi connectivity index (χ2n) is 8.38. The molecule has 4 rings (SSSR count). The van der Waals surface area contributed by atoms with Crippen LogP contribution in [0, 0.1) is 27.7 Å². The summed E-state index contributed by atoms with van der Waals surface area (Å²) < 4.78 is 29.8. The SMILES string of the molecule is Cc1cc(C)c(C)c(S(=O)(=O)N2CCN(c3cnn(-c4ccccc4)c(=O)c3Cl)CC2)c1C. The van der Waals surface area contributed by atoms with Crippen LogP contribution < -0.4 is 10.5 Å².